The monoisotopic (exact) mass is 647 g/mol. The number of sulfonamides is 1. The fourth-order valence-electron chi connectivity index (χ4n) is 5.60. The number of halogens is 2. The Hall–Kier alpha value is -4.21. The molecule has 10 heteroatoms. The molecular weight excluding hydrogens is 613 g/mol. The van der Waals surface area contributed by atoms with Crippen LogP contribution in [-0.4, -0.2) is 43.8 Å². The maximum Gasteiger partial charge on any atom is 0.264 e. The van der Waals surface area contributed by atoms with Gasteiger partial charge in [0.1, 0.15) is 18.4 Å². The van der Waals surface area contributed by atoms with E-state index in [1.165, 1.54) is 35.2 Å². The molecule has 234 valence electrons. The van der Waals surface area contributed by atoms with Crippen molar-refractivity contribution in [2.75, 3.05) is 10.8 Å². The summed E-state index contributed by atoms with van der Waals surface area (Å²) in [5.41, 5.74) is 1.26. The first-order chi connectivity index (χ1) is 21.7. The smallest absolute Gasteiger partial charge is 0.264 e. The number of carbonyl (C=O) groups excluding carboxylic acids is 2. The summed E-state index contributed by atoms with van der Waals surface area (Å²) in [6.45, 7) is -0.726. The molecule has 4 aromatic carbocycles. The van der Waals surface area contributed by atoms with E-state index in [2.05, 4.69) is 5.32 Å². The van der Waals surface area contributed by atoms with Gasteiger partial charge in [0.2, 0.25) is 11.8 Å². The molecule has 2 amide bonds. The summed E-state index contributed by atoms with van der Waals surface area (Å²) in [5, 5.41) is 3.64. The lowest BCUT2D eigenvalue weighted by molar-refractivity contribution is -0.140. The lowest BCUT2D eigenvalue weighted by Crippen LogP contribution is -2.54. The number of hydrogen-bond donors (Lipinski definition) is 1. The van der Waals surface area contributed by atoms with Gasteiger partial charge in [-0.2, -0.15) is 0 Å². The number of anilines is 1. The number of carbonyl (C=O) groups is 2. The second-order valence-electron chi connectivity index (χ2n) is 11.1. The number of nitrogens with zero attached hydrogens (tertiary/aromatic N) is 2. The highest BCUT2D eigenvalue weighted by Gasteiger charge is 2.36. The van der Waals surface area contributed by atoms with Crippen LogP contribution in [-0.2, 0) is 32.6 Å². The van der Waals surface area contributed by atoms with Gasteiger partial charge in [0, 0.05) is 24.0 Å². The minimum Gasteiger partial charge on any atom is -0.352 e. The van der Waals surface area contributed by atoms with Crippen LogP contribution in [0.2, 0.25) is 5.02 Å². The average molecular weight is 648 g/mol. The first-order valence-corrected chi connectivity index (χ1v) is 16.7. The van der Waals surface area contributed by atoms with Crippen LogP contribution in [0.3, 0.4) is 0 Å². The molecule has 0 bridgehead atoms. The molecule has 1 saturated carbocycles. The third kappa shape index (κ3) is 8.09. The minimum atomic E-state index is -4.38. The molecule has 0 aromatic heterocycles. The SMILES string of the molecule is O=C(NC1CCCC1)[C@H](Cc1ccccc1)N(Cc1ccc(Cl)cc1)C(=O)CN(c1ccccc1F)S(=O)(=O)c1ccccc1. The first-order valence-electron chi connectivity index (χ1n) is 14.9. The van der Waals surface area contributed by atoms with Crippen LogP contribution in [0.1, 0.15) is 36.8 Å². The lowest BCUT2D eigenvalue weighted by Gasteiger charge is -2.34. The van der Waals surface area contributed by atoms with Gasteiger partial charge in [0.15, 0.2) is 0 Å². The number of benzene rings is 4. The average Bonchev–Trinajstić information content (AvgIpc) is 3.56. The maximum atomic E-state index is 15.2. The van der Waals surface area contributed by atoms with Crippen molar-refractivity contribution in [2.45, 2.75) is 55.6 Å². The number of nitrogens with one attached hydrogen (secondary N) is 1. The Balaban J connectivity index is 1.56. The predicted molar refractivity (Wildman–Crippen MR) is 174 cm³/mol. The van der Waals surface area contributed by atoms with E-state index >= 15 is 4.39 Å². The van der Waals surface area contributed by atoms with Crippen LogP contribution < -0.4 is 9.62 Å². The van der Waals surface area contributed by atoms with Crippen LogP contribution in [0.4, 0.5) is 10.1 Å². The van der Waals surface area contributed by atoms with E-state index < -0.39 is 34.3 Å². The Kier molecular flexibility index (Phi) is 10.5. The van der Waals surface area contributed by atoms with Crippen LogP contribution in [0.25, 0.3) is 0 Å². The highest BCUT2D eigenvalue weighted by atomic mass is 35.5. The van der Waals surface area contributed by atoms with E-state index in [9.17, 15) is 18.0 Å². The van der Waals surface area contributed by atoms with Crippen LogP contribution in [0, 0.1) is 5.82 Å². The molecule has 1 N–H and O–H groups in total. The topological polar surface area (TPSA) is 86.8 Å². The van der Waals surface area contributed by atoms with Crippen molar-refractivity contribution < 1.29 is 22.4 Å². The van der Waals surface area contributed by atoms with Crippen molar-refractivity contribution in [3.8, 4) is 0 Å². The Morgan fingerprint density at radius 1 is 0.822 bits per heavy atom. The summed E-state index contributed by atoms with van der Waals surface area (Å²) in [6.07, 6.45) is 3.92. The fraction of sp³-hybridized carbons (Fsp3) is 0.257. The van der Waals surface area contributed by atoms with E-state index in [-0.39, 0.29) is 35.5 Å². The van der Waals surface area contributed by atoms with Crippen molar-refractivity contribution in [1.29, 1.82) is 0 Å². The van der Waals surface area contributed by atoms with Gasteiger partial charge in [-0.15, -0.1) is 0 Å². The molecule has 1 atom stereocenters. The van der Waals surface area contributed by atoms with E-state index in [1.807, 2.05) is 30.3 Å². The summed E-state index contributed by atoms with van der Waals surface area (Å²) >= 11 is 6.13. The van der Waals surface area contributed by atoms with Gasteiger partial charge >= 0.3 is 0 Å². The molecule has 1 aliphatic carbocycles. The van der Waals surface area contributed by atoms with Crippen LogP contribution >= 0.6 is 11.6 Å². The molecule has 0 heterocycles. The molecule has 0 saturated heterocycles. The van der Waals surface area contributed by atoms with Gasteiger partial charge in [-0.1, -0.05) is 97.2 Å². The van der Waals surface area contributed by atoms with Gasteiger partial charge in [0.25, 0.3) is 10.0 Å². The Morgan fingerprint density at radius 3 is 2.07 bits per heavy atom. The molecule has 1 fully saturated rings. The Bertz CT molecular complexity index is 1700. The third-order valence-corrected chi connectivity index (χ3v) is 10.00. The molecule has 0 radical (unpaired) electrons. The number of rotatable bonds is 12. The second kappa shape index (κ2) is 14.7. The summed E-state index contributed by atoms with van der Waals surface area (Å²) in [5.74, 6) is -1.78. The van der Waals surface area contributed by atoms with E-state index in [1.54, 1.807) is 42.5 Å². The number of hydrogen-bond acceptors (Lipinski definition) is 4. The molecule has 7 nitrogen and oxygen atoms in total. The first kappa shape index (κ1) is 32.2. The maximum absolute atomic E-state index is 15.2. The zero-order valence-electron chi connectivity index (χ0n) is 24.7. The van der Waals surface area contributed by atoms with E-state index in [0.717, 1.165) is 41.6 Å². The molecule has 1 aliphatic rings. The largest absolute Gasteiger partial charge is 0.352 e. The Morgan fingerprint density at radius 2 is 1.42 bits per heavy atom. The summed E-state index contributed by atoms with van der Waals surface area (Å²) < 4.78 is 43.9. The summed E-state index contributed by atoms with van der Waals surface area (Å²) in [4.78, 5) is 29.8. The molecule has 5 rings (SSSR count). The Labute approximate surface area is 268 Å². The molecule has 0 aliphatic heterocycles. The van der Waals surface area contributed by atoms with Gasteiger partial charge in [-0.05, 0) is 60.4 Å². The summed E-state index contributed by atoms with van der Waals surface area (Å²) in [7, 11) is -4.38. The van der Waals surface area contributed by atoms with Gasteiger partial charge < -0.3 is 10.2 Å². The fourth-order valence-corrected chi connectivity index (χ4v) is 7.16. The van der Waals surface area contributed by atoms with Crippen molar-refractivity contribution in [2.24, 2.45) is 0 Å². The predicted octanol–water partition coefficient (Wildman–Crippen LogP) is 6.37. The molecule has 0 unspecified atom stereocenters. The minimum absolute atomic E-state index is 0.00207. The van der Waals surface area contributed by atoms with E-state index in [0.29, 0.717) is 10.6 Å². The highest BCUT2D eigenvalue weighted by Crippen LogP contribution is 2.27. The summed E-state index contributed by atoms with van der Waals surface area (Å²) in [6, 6.07) is 28.3. The zero-order valence-corrected chi connectivity index (χ0v) is 26.3. The number of amides is 2. The highest BCUT2D eigenvalue weighted by molar-refractivity contribution is 7.92. The van der Waals surface area contributed by atoms with Gasteiger partial charge in [-0.3, -0.25) is 13.9 Å². The van der Waals surface area contributed by atoms with Crippen molar-refractivity contribution >= 4 is 39.1 Å². The van der Waals surface area contributed by atoms with E-state index in [4.69, 9.17) is 11.6 Å². The zero-order chi connectivity index (χ0) is 31.8. The normalized spacial score (nSPS) is 14.1. The third-order valence-electron chi connectivity index (χ3n) is 7.97. The molecule has 45 heavy (non-hydrogen) atoms. The second-order valence-corrected chi connectivity index (χ2v) is 13.4. The van der Waals surface area contributed by atoms with Crippen LogP contribution in [0.15, 0.2) is 114 Å². The molecular formula is C35H35ClFN3O4S. The van der Waals surface area contributed by atoms with Crippen molar-refractivity contribution in [3.63, 3.8) is 0 Å². The number of para-hydroxylation sites is 1. The van der Waals surface area contributed by atoms with Gasteiger partial charge in [0.05, 0.1) is 10.6 Å². The van der Waals surface area contributed by atoms with Crippen LogP contribution in [0.5, 0.6) is 0 Å². The van der Waals surface area contributed by atoms with Crippen molar-refractivity contribution in [1.82, 2.24) is 10.2 Å². The van der Waals surface area contributed by atoms with Gasteiger partial charge in [-0.25, -0.2) is 12.8 Å². The molecule has 4 aromatic rings. The van der Waals surface area contributed by atoms with Crippen molar-refractivity contribution in [3.05, 3.63) is 131 Å². The molecule has 0 spiro atoms. The standard InChI is InChI=1S/C35H35ClFN3O4S/c36-28-21-19-27(20-22-28)24-39(33(23-26-11-3-1-4-12-26)35(42)38-29-13-7-8-14-29)34(41)25-40(32-18-10-9-17-31(32)37)45(43,44)30-15-5-2-6-16-30/h1-6,9-12,15-22,29,33H,7-8,13-14,23-25H2,(H,38,42)/t33-/m0/s1. The quantitative estimate of drug-likeness (QED) is 0.194. The lowest BCUT2D eigenvalue weighted by atomic mass is 10.0.